The molecule has 0 radical (unpaired) electrons. The minimum Gasteiger partial charge on any atom is -0.395 e. The van der Waals surface area contributed by atoms with Gasteiger partial charge in [0.25, 0.3) is 11.5 Å². The number of hydrogen-bond acceptors (Lipinski definition) is 7. The summed E-state index contributed by atoms with van der Waals surface area (Å²) in [4.78, 5) is 40.4. The van der Waals surface area contributed by atoms with Crippen molar-refractivity contribution in [3.63, 3.8) is 0 Å². The number of carbonyl (C=O) groups is 1. The molecule has 0 atom stereocenters. The summed E-state index contributed by atoms with van der Waals surface area (Å²) in [6.45, 7) is 3.34. The summed E-state index contributed by atoms with van der Waals surface area (Å²) in [6, 6.07) is 5.14. The average Bonchev–Trinajstić information content (AvgIpc) is 3.13. The van der Waals surface area contributed by atoms with Gasteiger partial charge in [0, 0.05) is 17.8 Å². The molecule has 2 N–H and O–H groups in total. The summed E-state index contributed by atoms with van der Waals surface area (Å²) in [6.07, 6.45) is 0. The van der Waals surface area contributed by atoms with Gasteiger partial charge in [0.05, 0.1) is 11.8 Å². The van der Waals surface area contributed by atoms with E-state index in [0.717, 1.165) is 6.07 Å². The van der Waals surface area contributed by atoms with Gasteiger partial charge in [-0.05, 0) is 19.9 Å². The first-order valence-electron chi connectivity index (χ1n) is 7.04. The lowest BCUT2D eigenvalue weighted by Gasteiger charge is -2.07. The Morgan fingerprint density at radius 1 is 1.32 bits per heavy atom. The number of amides is 1. The summed E-state index contributed by atoms with van der Waals surface area (Å²) in [5.41, 5.74) is 0.672. The molecule has 0 aliphatic heterocycles. The fraction of sp³-hybridized carbons (Fsp3) is 0.143. The fourth-order valence-electron chi connectivity index (χ4n) is 2.14. The van der Waals surface area contributed by atoms with E-state index in [-0.39, 0.29) is 23.1 Å². The minimum absolute atomic E-state index is 0.124. The fourth-order valence-corrected chi connectivity index (χ4v) is 2.14. The third-order valence-electron chi connectivity index (χ3n) is 3.13. The van der Waals surface area contributed by atoms with Crippen LogP contribution in [0.5, 0.6) is 0 Å². The van der Waals surface area contributed by atoms with Crippen LogP contribution in [0, 0.1) is 24.0 Å². The molecule has 128 valence electrons. The quantitative estimate of drug-likeness (QED) is 0.535. The second kappa shape index (κ2) is 6.03. The number of nitro groups is 1. The normalized spacial score (nSPS) is 10.6. The van der Waals surface area contributed by atoms with E-state index in [1.807, 2.05) is 0 Å². The number of furan rings is 1. The molecular weight excluding hydrogens is 332 g/mol. The zero-order valence-corrected chi connectivity index (χ0v) is 13.1. The summed E-state index contributed by atoms with van der Waals surface area (Å²) in [5.74, 6) is -1.14. The lowest BCUT2D eigenvalue weighted by molar-refractivity contribution is -0.402. The average molecular weight is 344 g/mol. The van der Waals surface area contributed by atoms with Gasteiger partial charge in [0.1, 0.15) is 10.7 Å². The van der Waals surface area contributed by atoms with Crippen LogP contribution in [0.15, 0.2) is 33.5 Å². The molecule has 11 heteroatoms. The Hall–Kier alpha value is -3.76. The standard InChI is InChI=1S/C14H12N6O5/c1-7-6-11(21)17-14(15-7)19-10(5-8(2)18-19)16-13(22)9-3-4-12(25-9)20(23)24/h3-6H,1-2H3,(H,16,22)(H,15,17,21). The molecule has 3 aromatic heterocycles. The van der Waals surface area contributed by atoms with Crippen molar-refractivity contribution in [3.05, 3.63) is 61.9 Å². The van der Waals surface area contributed by atoms with E-state index in [9.17, 15) is 19.7 Å². The number of aryl methyl sites for hydroxylation is 2. The molecule has 25 heavy (non-hydrogen) atoms. The van der Waals surface area contributed by atoms with Crippen molar-refractivity contribution in [2.75, 3.05) is 5.32 Å². The number of rotatable bonds is 4. The van der Waals surface area contributed by atoms with Crippen molar-refractivity contribution in [2.45, 2.75) is 13.8 Å². The Balaban J connectivity index is 1.94. The number of carbonyl (C=O) groups excluding carboxylic acids is 1. The van der Waals surface area contributed by atoms with Crippen LogP contribution >= 0.6 is 0 Å². The molecule has 0 saturated heterocycles. The van der Waals surface area contributed by atoms with Crippen molar-refractivity contribution in [1.29, 1.82) is 0 Å². The molecule has 0 bridgehead atoms. The molecule has 3 rings (SSSR count). The molecule has 0 aromatic carbocycles. The van der Waals surface area contributed by atoms with Crippen LogP contribution in [0.1, 0.15) is 21.9 Å². The maximum absolute atomic E-state index is 12.2. The first kappa shape index (κ1) is 16.1. The van der Waals surface area contributed by atoms with E-state index in [2.05, 4.69) is 20.4 Å². The van der Waals surface area contributed by atoms with Gasteiger partial charge >= 0.3 is 5.88 Å². The third-order valence-corrected chi connectivity index (χ3v) is 3.13. The monoisotopic (exact) mass is 344 g/mol. The third kappa shape index (κ3) is 3.29. The van der Waals surface area contributed by atoms with E-state index >= 15 is 0 Å². The smallest absolute Gasteiger partial charge is 0.395 e. The molecule has 0 spiro atoms. The van der Waals surface area contributed by atoms with Gasteiger partial charge < -0.3 is 9.73 Å². The van der Waals surface area contributed by atoms with E-state index in [1.54, 1.807) is 19.9 Å². The minimum atomic E-state index is -0.743. The predicted molar refractivity (Wildman–Crippen MR) is 84.8 cm³/mol. The molecule has 0 unspecified atom stereocenters. The largest absolute Gasteiger partial charge is 0.433 e. The van der Waals surface area contributed by atoms with E-state index < -0.39 is 16.7 Å². The number of nitrogens with one attached hydrogen (secondary N) is 2. The number of H-pyrrole nitrogens is 1. The van der Waals surface area contributed by atoms with E-state index in [4.69, 9.17) is 4.42 Å². The Morgan fingerprint density at radius 3 is 2.72 bits per heavy atom. The molecule has 0 fully saturated rings. The summed E-state index contributed by atoms with van der Waals surface area (Å²) in [7, 11) is 0. The lowest BCUT2D eigenvalue weighted by Crippen LogP contribution is -2.18. The van der Waals surface area contributed by atoms with Crippen molar-refractivity contribution >= 4 is 17.6 Å². The van der Waals surface area contributed by atoms with Gasteiger partial charge in [-0.2, -0.15) is 9.78 Å². The van der Waals surface area contributed by atoms with Crippen LogP contribution in [-0.2, 0) is 0 Å². The molecule has 1 amide bonds. The van der Waals surface area contributed by atoms with E-state index in [0.29, 0.717) is 11.4 Å². The number of anilines is 1. The molecule has 11 nitrogen and oxygen atoms in total. The highest BCUT2D eigenvalue weighted by Crippen LogP contribution is 2.19. The van der Waals surface area contributed by atoms with Gasteiger partial charge in [0.15, 0.2) is 5.76 Å². The number of aromatic nitrogens is 4. The van der Waals surface area contributed by atoms with Crippen LogP contribution in [0.3, 0.4) is 0 Å². The van der Waals surface area contributed by atoms with Crippen LogP contribution in [0.25, 0.3) is 5.95 Å². The van der Waals surface area contributed by atoms with Crippen LogP contribution in [0.4, 0.5) is 11.7 Å². The first-order valence-corrected chi connectivity index (χ1v) is 7.04. The van der Waals surface area contributed by atoms with Gasteiger partial charge in [-0.1, -0.05) is 0 Å². The first-order chi connectivity index (χ1) is 11.8. The Morgan fingerprint density at radius 2 is 2.08 bits per heavy atom. The van der Waals surface area contributed by atoms with E-state index in [1.165, 1.54) is 16.8 Å². The van der Waals surface area contributed by atoms with Crippen LogP contribution < -0.4 is 10.9 Å². The van der Waals surface area contributed by atoms with Crippen molar-refractivity contribution in [1.82, 2.24) is 19.7 Å². The number of nitrogens with zero attached hydrogens (tertiary/aromatic N) is 4. The molecule has 0 aliphatic rings. The molecule has 0 aliphatic carbocycles. The second-order valence-electron chi connectivity index (χ2n) is 5.14. The highest BCUT2D eigenvalue weighted by molar-refractivity contribution is 6.02. The van der Waals surface area contributed by atoms with Gasteiger partial charge in [0.2, 0.25) is 5.95 Å². The Labute approximate surface area is 139 Å². The second-order valence-corrected chi connectivity index (χ2v) is 5.14. The molecule has 3 heterocycles. The van der Waals surface area contributed by atoms with Gasteiger partial charge in [-0.3, -0.25) is 24.7 Å². The predicted octanol–water partition coefficient (Wildman–Crippen LogP) is 1.33. The SMILES string of the molecule is Cc1cc(=O)[nH]c(-n2nc(C)cc2NC(=O)c2ccc([N+](=O)[O-])o2)n1. The van der Waals surface area contributed by atoms with Gasteiger partial charge in [-0.25, -0.2) is 4.98 Å². The van der Waals surface area contributed by atoms with Crippen molar-refractivity contribution < 1.29 is 14.1 Å². The summed E-state index contributed by atoms with van der Waals surface area (Å²) < 4.78 is 6.10. The lowest BCUT2D eigenvalue weighted by atomic mass is 10.4. The number of aromatic amines is 1. The van der Waals surface area contributed by atoms with Crippen LogP contribution in [-0.4, -0.2) is 30.6 Å². The Kier molecular flexibility index (Phi) is 3.89. The maximum Gasteiger partial charge on any atom is 0.433 e. The summed E-state index contributed by atoms with van der Waals surface area (Å²) >= 11 is 0. The molecule has 0 saturated carbocycles. The maximum atomic E-state index is 12.2. The zero-order valence-electron chi connectivity index (χ0n) is 13.1. The Bertz CT molecular complexity index is 1030. The van der Waals surface area contributed by atoms with Crippen molar-refractivity contribution in [3.8, 4) is 5.95 Å². The molecule has 3 aromatic rings. The van der Waals surface area contributed by atoms with Crippen LogP contribution in [0.2, 0.25) is 0 Å². The molecular formula is C14H12N6O5. The van der Waals surface area contributed by atoms with Gasteiger partial charge in [-0.15, -0.1) is 0 Å². The number of hydrogen-bond donors (Lipinski definition) is 2. The topological polar surface area (TPSA) is 149 Å². The highest BCUT2D eigenvalue weighted by Gasteiger charge is 2.19. The summed E-state index contributed by atoms with van der Waals surface area (Å²) in [5, 5.41) is 17.3. The highest BCUT2D eigenvalue weighted by atomic mass is 16.6. The van der Waals surface area contributed by atoms with Crippen molar-refractivity contribution in [2.24, 2.45) is 0 Å². The zero-order chi connectivity index (χ0) is 18.1.